The molecule has 1 aromatic carbocycles. The third-order valence-corrected chi connectivity index (χ3v) is 7.35. The van der Waals surface area contributed by atoms with Crippen molar-refractivity contribution in [3.8, 4) is 0 Å². The van der Waals surface area contributed by atoms with Crippen LogP contribution in [-0.4, -0.2) is 65.9 Å². The van der Waals surface area contributed by atoms with Crippen molar-refractivity contribution < 1.29 is 4.79 Å². The van der Waals surface area contributed by atoms with Crippen LogP contribution in [0.25, 0.3) is 10.1 Å². The molecule has 1 aromatic heterocycles. The Labute approximate surface area is 158 Å². The summed E-state index contributed by atoms with van der Waals surface area (Å²) in [6.07, 6.45) is 3.64. The lowest BCUT2D eigenvalue weighted by atomic mass is 9.84. The van der Waals surface area contributed by atoms with Crippen LogP contribution in [-0.2, 0) is 0 Å². The standard InChI is InChI=1S/C20H26N4OS/c1-23-7-4-15(11-23)14-2-3-16-18(10-14)26-22-19(16)20(25)21-17-12-24-8-5-13(17)6-9-24/h2-3,10,13,15,17H,4-9,11-12H2,1H3,(H,21,25)/t15?,17-/m0/s1. The van der Waals surface area contributed by atoms with Gasteiger partial charge in [-0.3, -0.25) is 4.79 Å². The van der Waals surface area contributed by atoms with Gasteiger partial charge in [0.15, 0.2) is 0 Å². The molecular weight excluding hydrogens is 344 g/mol. The Morgan fingerprint density at radius 1 is 1.19 bits per heavy atom. The molecular formula is C20H26N4OS. The lowest BCUT2D eigenvalue weighted by Gasteiger charge is -2.44. The van der Waals surface area contributed by atoms with Crippen molar-refractivity contribution in [3.05, 3.63) is 29.5 Å². The Kier molecular flexibility index (Phi) is 4.22. The quantitative estimate of drug-likeness (QED) is 0.902. The molecule has 2 bridgehead atoms. The number of nitrogens with zero attached hydrogens (tertiary/aromatic N) is 3. The van der Waals surface area contributed by atoms with Crippen LogP contribution >= 0.6 is 11.5 Å². The normalized spacial score (nSPS) is 31.6. The van der Waals surface area contributed by atoms with E-state index in [0.29, 0.717) is 17.5 Å². The number of benzene rings is 1. The predicted octanol–water partition coefficient (Wildman–Crippen LogP) is 2.54. The third kappa shape index (κ3) is 2.94. The average molecular weight is 371 g/mol. The van der Waals surface area contributed by atoms with Gasteiger partial charge in [0.05, 0.1) is 4.70 Å². The number of likely N-dealkylation sites (N-methyl/N-ethyl adjacent to an activating group) is 1. The number of amides is 1. The summed E-state index contributed by atoms with van der Waals surface area (Å²) in [5.74, 6) is 1.25. The number of likely N-dealkylation sites (tertiary alicyclic amines) is 1. The SMILES string of the molecule is CN1CCC(c2ccc3c(C(=O)N[C@H]4CN5CCC4CC5)nsc3c2)C1. The summed E-state index contributed by atoms with van der Waals surface area (Å²) >= 11 is 1.46. The summed E-state index contributed by atoms with van der Waals surface area (Å²) in [6, 6.07) is 6.85. The molecule has 2 atom stereocenters. The fourth-order valence-corrected chi connectivity index (χ4v) is 5.77. The van der Waals surface area contributed by atoms with Gasteiger partial charge >= 0.3 is 0 Å². The van der Waals surface area contributed by atoms with E-state index in [1.54, 1.807) is 0 Å². The fourth-order valence-electron chi connectivity index (χ4n) is 4.94. The summed E-state index contributed by atoms with van der Waals surface area (Å²) in [5, 5.41) is 4.28. The van der Waals surface area contributed by atoms with Crippen molar-refractivity contribution in [1.29, 1.82) is 0 Å². The van der Waals surface area contributed by atoms with Crippen molar-refractivity contribution in [2.24, 2.45) is 5.92 Å². The topological polar surface area (TPSA) is 48.5 Å². The highest BCUT2D eigenvalue weighted by molar-refractivity contribution is 7.13. The van der Waals surface area contributed by atoms with Gasteiger partial charge in [-0.25, -0.2) is 0 Å². The van der Waals surface area contributed by atoms with Crippen LogP contribution in [0.4, 0.5) is 0 Å². The van der Waals surface area contributed by atoms with Crippen LogP contribution in [0.2, 0.25) is 0 Å². The zero-order chi connectivity index (χ0) is 17.7. The lowest BCUT2D eigenvalue weighted by molar-refractivity contribution is 0.0619. The van der Waals surface area contributed by atoms with Gasteiger partial charge in [-0.1, -0.05) is 12.1 Å². The number of hydrogen-bond acceptors (Lipinski definition) is 5. The summed E-state index contributed by atoms with van der Waals surface area (Å²) in [7, 11) is 2.18. The number of nitrogens with one attached hydrogen (secondary N) is 1. The van der Waals surface area contributed by atoms with Gasteiger partial charge in [0, 0.05) is 24.5 Å². The number of carbonyl (C=O) groups is 1. The number of fused-ring (bicyclic) bond motifs is 4. The minimum atomic E-state index is 0.00310. The van der Waals surface area contributed by atoms with E-state index < -0.39 is 0 Å². The van der Waals surface area contributed by atoms with Gasteiger partial charge in [0.2, 0.25) is 0 Å². The summed E-state index contributed by atoms with van der Waals surface area (Å²) in [4.78, 5) is 17.7. The minimum absolute atomic E-state index is 0.00310. The predicted molar refractivity (Wildman–Crippen MR) is 105 cm³/mol. The van der Waals surface area contributed by atoms with E-state index >= 15 is 0 Å². The van der Waals surface area contributed by atoms with Gasteiger partial charge in [0.1, 0.15) is 5.69 Å². The Hall–Kier alpha value is -1.50. The molecule has 0 aliphatic carbocycles. The first kappa shape index (κ1) is 16.7. The molecule has 5 heterocycles. The van der Waals surface area contributed by atoms with Crippen LogP contribution in [0.15, 0.2) is 18.2 Å². The van der Waals surface area contributed by atoms with Gasteiger partial charge < -0.3 is 15.1 Å². The van der Waals surface area contributed by atoms with Gasteiger partial charge in [-0.05, 0) is 80.9 Å². The van der Waals surface area contributed by atoms with Crippen LogP contribution in [0.5, 0.6) is 0 Å². The first-order valence-electron chi connectivity index (χ1n) is 9.78. The van der Waals surface area contributed by atoms with Crippen molar-refractivity contribution >= 4 is 27.5 Å². The molecule has 1 N–H and O–H groups in total. The summed E-state index contributed by atoms with van der Waals surface area (Å²) in [6.45, 7) is 5.67. The lowest BCUT2D eigenvalue weighted by Crippen LogP contribution is -2.57. The Morgan fingerprint density at radius 3 is 2.73 bits per heavy atom. The second kappa shape index (κ2) is 6.59. The maximum atomic E-state index is 12.9. The van der Waals surface area contributed by atoms with Gasteiger partial charge in [-0.15, -0.1) is 0 Å². The van der Waals surface area contributed by atoms with E-state index in [0.717, 1.165) is 23.2 Å². The summed E-state index contributed by atoms with van der Waals surface area (Å²) in [5.41, 5.74) is 1.99. The molecule has 0 spiro atoms. The van der Waals surface area contributed by atoms with Crippen molar-refractivity contribution in [3.63, 3.8) is 0 Å². The molecule has 0 radical (unpaired) electrons. The molecule has 0 saturated carbocycles. The number of aromatic nitrogens is 1. The number of piperidine rings is 3. The van der Waals surface area contributed by atoms with Crippen molar-refractivity contribution in [2.45, 2.75) is 31.2 Å². The fraction of sp³-hybridized carbons (Fsp3) is 0.600. The molecule has 4 aliphatic rings. The van der Waals surface area contributed by atoms with E-state index in [1.165, 1.54) is 56.0 Å². The van der Waals surface area contributed by atoms with Crippen molar-refractivity contribution in [2.75, 3.05) is 39.8 Å². The van der Waals surface area contributed by atoms with E-state index in [-0.39, 0.29) is 11.9 Å². The molecule has 4 fully saturated rings. The molecule has 2 aromatic rings. The first-order chi connectivity index (χ1) is 12.7. The van der Waals surface area contributed by atoms with Crippen LogP contribution in [0.1, 0.15) is 41.2 Å². The number of carbonyl (C=O) groups excluding carboxylic acids is 1. The minimum Gasteiger partial charge on any atom is -0.346 e. The highest BCUT2D eigenvalue weighted by Crippen LogP contribution is 2.32. The van der Waals surface area contributed by atoms with Gasteiger partial charge in [-0.2, -0.15) is 4.37 Å². The van der Waals surface area contributed by atoms with E-state index in [2.05, 4.69) is 44.7 Å². The smallest absolute Gasteiger partial charge is 0.271 e. The number of rotatable bonds is 3. The average Bonchev–Trinajstić information content (AvgIpc) is 3.28. The highest BCUT2D eigenvalue weighted by atomic mass is 32.1. The number of hydrogen-bond donors (Lipinski definition) is 1. The Balaban J connectivity index is 1.35. The van der Waals surface area contributed by atoms with E-state index in [1.807, 2.05) is 0 Å². The molecule has 4 aliphatic heterocycles. The molecule has 6 rings (SSSR count). The van der Waals surface area contributed by atoms with Gasteiger partial charge in [0.25, 0.3) is 5.91 Å². The molecule has 1 amide bonds. The van der Waals surface area contributed by atoms with Crippen LogP contribution in [0, 0.1) is 5.92 Å². The Bertz CT molecular complexity index is 826. The second-order valence-electron chi connectivity index (χ2n) is 8.25. The molecule has 6 heteroatoms. The second-order valence-corrected chi connectivity index (χ2v) is 9.06. The molecule has 5 nitrogen and oxygen atoms in total. The van der Waals surface area contributed by atoms with E-state index in [9.17, 15) is 4.79 Å². The van der Waals surface area contributed by atoms with Crippen molar-refractivity contribution in [1.82, 2.24) is 19.5 Å². The Morgan fingerprint density at radius 2 is 2.04 bits per heavy atom. The monoisotopic (exact) mass is 370 g/mol. The van der Waals surface area contributed by atoms with Crippen LogP contribution < -0.4 is 5.32 Å². The third-order valence-electron chi connectivity index (χ3n) is 6.55. The highest BCUT2D eigenvalue weighted by Gasteiger charge is 2.35. The maximum absolute atomic E-state index is 12.9. The summed E-state index contributed by atoms with van der Waals surface area (Å²) < 4.78 is 5.65. The zero-order valence-electron chi connectivity index (χ0n) is 15.3. The first-order valence-corrected chi connectivity index (χ1v) is 10.6. The molecule has 26 heavy (non-hydrogen) atoms. The largest absolute Gasteiger partial charge is 0.346 e. The molecule has 138 valence electrons. The van der Waals surface area contributed by atoms with Crippen LogP contribution in [0.3, 0.4) is 0 Å². The maximum Gasteiger partial charge on any atom is 0.271 e. The molecule has 1 unspecified atom stereocenters. The molecule has 4 saturated heterocycles. The zero-order valence-corrected chi connectivity index (χ0v) is 16.1. The van der Waals surface area contributed by atoms with E-state index in [4.69, 9.17) is 0 Å².